The summed E-state index contributed by atoms with van der Waals surface area (Å²) in [4.78, 5) is 0. The van der Waals surface area contributed by atoms with Gasteiger partial charge in [0.25, 0.3) is 0 Å². The molecule has 0 aliphatic rings. The molecule has 0 bridgehead atoms. The summed E-state index contributed by atoms with van der Waals surface area (Å²) in [5.41, 5.74) is 1.03. The lowest BCUT2D eigenvalue weighted by Gasteiger charge is -2.10. The van der Waals surface area contributed by atoms with E-state index in [2.05, 4.69) is 4.74 Å². The smallest absolute Gasteiger partial charge is 0.387 e. The van der Waals surface area contributed by atoms with E-state index in [4.69, 9.17) is 34.8 Å². The normalized spacial score (nSPS) is 10.8. The molecule has 0 amide bonds. The Labute approximate surface area is 123 Å². The van der Waals surface area contributed by atoms with E-state index >= 15 is 0 Å². The van der Waals surface area contributed by atoms with E-state index in [1.807, 2.05) is 0 Å². The molecule has 2 aromatic rings. The third kappa shape index (κ3) is 3.30. The van der Waals surface area contributed by atoms with Crippen LogP contribution in [-0.2, 0) is 0 Å². The fourth-order valence-corrected chi connectivity index (χ4v) is 2.37. The third-order valence-electron chi connectivity index (χ3n) is 2.39. The second kappa shape index (κ2) is 5.95. The zero-order chi connectivity index (χ0) is 14.0. The maximum Gasteiger partial charge on any atom is 0.387 e. The fourth-order valence-electron chi connectivity index (χ4n) is 1.62. The van der Waals surface area contributed by atoms with Gasteiger partial charge >= 0.3 is 6.61 Å². The zero-order valence-electron chi connectivity index (χ0n) is 9.34. The van der Waals surface area contributed by atoms with Gasteiger partial charge in [0.05, 0.1) is 10.0 Å². The predicted molar refractivity (Wildman–Crippen MR) is 73.5 cm³/mol. The van der Waals surface area contributed by atoms with Gasteiger partial charge in [0.2, 0.25) is 0 Å². The first kappa shape index (κ1) is 14.4. The van der Waals surface area contributed by atoms with Gasteiger partial charge in [-0.1, -0.05) is 46.9 Å². The van der Waals surface area contributed by atoms with Crippen molar-refractivity contribution in [1.29, 1.82) is 0 Å². The molecule has 0 aliphatic carbocycles. The Morgan fingerprint density at radius 3 is 2.32 bits per heavy atom. The van der Waals surface area contributed by atoms with Gasteiger partial charge in [0.15, 0.2) is 0 Å². The second-order valence-corrected chi connectivity index (χ2v) is 4.82. The number of ether oxygens (including phenoxy) is 1. The summed E-state index contributed by atoms with van der Waals surface area (Å²) < 4.78 is 28.7. The van der Waals surface area contributed by atoms with Gasteiger partial charge in [-0.25, -0.2) is 0 Å². The van der Waals surface area contributed by atoms with Crippen LogP contribution in [0.2, 0.25) is 15.1 Å². The molecule has 0 radical (unpaired) electrons. The lowest BCUT2D eigenvalue weighted by molar-refractivity contribution is -0.0498. The van der Waals surface area contributed by atoms with Crippen molar-refractivity contribution >= 4 is 34.8 Å². The molecule has 0 fully saturated rings. The minimum Gasteiger partial charge on any atom is -0.435 e. The first-order valence-electron chi connectivity index (χ1n) is 5.18. The number of rotatable bonds is 3. The van der Waals surface area contributed by atoms with Crippen LogP contribution in [0.5, 0.6) is 5.75 Å². The van der Waals surface area contributed by atoms with Gasteiger partial charge in [0, 0.05) is 10.6 Å². The first-order chi connectivity index (χ1) is 8.99. The SMILES string of the molecule is FC(F)Oc1cccc(-c2c(Cl)ccc(Cl)c2Cl)c1. The second-order valence-electron chi connectivity index (χ2n) is 3.62. The highest BCUT2D eigenvalue weighted by Gasteiger charge is 2.13. The number of benzene rings is 2. The molecule has 0 heterocycles. The van der Waals surface area contributed by atoms with Gasteiger partial charge in [-0.3, -0.25) is 0 Å². The number of alkyl halides is 2. The highest BCUT2D eigenvalue weighted by molar-refractivity contribution is 6.46. The Morgan fingerprint density at radius 1 is 0.947 bits per heavy atom. The highest BCUT2D eigenvalue weighted by Crippen LogP contribution is 2.39. The summed E-state index contributed by atoms with van der Waals surface area (Å²) in [5, 5.41) is 0.980. The molecule has 0 aromatic heterocycles. The van der Waals surface area contributed by atoms with Gasteiger partial charge in [-0.15, -0.1) is 0 Å². The molecule has 0 spiro atoms. The van der Waals surface area contributed by atoms with Crippen molar-refractivity contribution in [2.45, 2.75) is 6.61 Å². The molecule has 0 saturated heterocycles. The molecule has 0 aliphatic heterocycles. The molecule has 0 N–H and O–H groups in total. The monoisotopic (exact) mass is 322 g/mol. The Kier molecular flexibility index (Phi) is 4.50. The molecular weight excluding hydrogens is 316 g/mol. The summed E-state index contributed by atoms with van der Waals surface area (Å²) >= 11 is 18.1. The van der Waals surface area contributed by atoms with Crippen molar-refractivity contribution in [2.24, 2.45) is 0 Å². The van der Waals surface area contributed by atoms with E-state index in [0.717, 1.165) is 0 Å². The van der Waals surface area contributed by atoms with Crippen LogP contribution in [0.15, 0.2) is 36.4 Å². The maximum absolute atomic E-state index is 12.2. The molecule has 2 rings (SSSR count). The van der Waals surface area contributed by atoms with Crippen LogP contribution in [0.1, 0.15) is 0 Å². The Hall–Kier alpha value is -1.03. The van der Waals surface area contributed by atoms with Crippen LogP contribution in [-0.4, -0.2) is 6.61 Å². The van der Waals surface area contributed by atoms with Crippen LogP contribution >= 0.6 is 34.8 Å². The van der Waals surface area contributed by atoms with Crippen LogP contribution in [0.25, 0.3) is 11.1 Å². The lowest BCUT2D eigenvalue weighted by atomic mass is 10.1. The van der Waals surface area contributed by atoms with E-state index in [1.165, 1.54) is 12.1 Å². The molecule has 0 unspecified atom stereocenters. The highest BCUT2D eigenvalue weighted by atomic mass is 35.5. The Morgan fingerprint density at radius 2 is 1.63 bits per heavy atom. The van der Waals surface area contributed by atoms with E-state index in [1.54, 1.807) is 24.3 Å². The van der Waals surface area contributed by atoms with Crippen molar-refractivity contribution in [1.82, 2.24) is 0 Å². The lowest BCUT2D eigenvalue weighted by Crippen LogP contribution is -2.01. The van der Waals surface area contributed by atoms with E-state index in [9.17, 15) is 8.78 Å². The number of hydrogen-bond donors (Lipinski definition) is 0. The minimum absolute atomic E-state index is 0.0274. The fraction of sp³-hybridized carbons (Fsp3) is 0.0769. The largest absolute Gasteiger partial charge is 0.435 e. The van der Waals surface area contributed by atoms with Gasteiger partial charge < -0.3 is 4.74 Å². The molecule has 100 valence electrons. The van der Waals surface area contributed by atoms with Gasteiger partial charge in [-0.05, 0) is 29.8 Å². The van der Waals surface area contributed by atoms with Crippen molar-refractivity contribution in [3.05, 3.63) is 51.5 Å². The van der Waals surface area contributed by atoms with Gasteiger partial charge in [0.1, 0.15) is 5.75 Å². The van der Waals surface area contributed by atoms with E-state index in [0.29, 0.717) is 21.2 Å². The molecule has 0 saturated carbocycles. The summed E-state index contributed by atoms with van der Waals surface area (Å²) in [6.07, 6.45) is 0. The molecule has 6 heteroatoms. The maximum atomic E-state index is 12.2. The molecule has 2 aromatic carbocycles. The summed E-state index contributed by atoms with van der Waals surface area (Å²) in [7, 11) is 0. The van der Waals surface area contributed by atoms with Crippen LogP contribution in [0.3, 0.4) is 0 Å². The Bertz CT molecular complexity index is 602. The van der Waals surface area contributed by atoms with Crippen molar-refractivity contribution < 1.29 is 13.5 Å². The number of halogens is 5. The summed E-state index contributed by atoms with van der Waals surface area (Å²) in [6.45, 7) is -2.89. The average molecular weight is 324 g/mol. The third-order valence-corrected chi connectivity index (χ3v) is 3.51. The molecular formula is C13H7Cl3F2O. The Balaban J connectivity index is 2.50. The van der Waals surface area contributed by atoms with E-state index < -0.39 is 6.61 Å². The zero-order valence-corrected chi connectivity index (χ0v) is 11.6. The molecule has 1 nitrogen and oxygen atoms in total. The first-order valence-corrected chi connectivity index (χ1v) is 6.31. The predicted octanol–water partition coefficient (Wildman–Crippen LogP) is 5.92. The van der Waals surface area contributed by atoms with Crippen molar-refractivity contribution in [3.63, 3.8) is 0 Å². The van der Waals surface area contributed by atoms with Crippen LogP contribution in [0, 0.1) is 0 Å². The van der Waals surface area contributed by atoms with Crippen molar-refractivity contribution in [3.8, 4) is 16.9 Å². The van der Waals surface area contributed by atoms with Gasteiger partial charge in [-0.2, -0.15) is 8.78 Å². The topological polar surface area (TPSA) is 9.23 Å². The average Bonchev–Trinajstić information content (AvgIpc) is 2.34. The summed E-state index contributed by atoms with van der Waals surface area (Å²) in [6, 6.07) is 9.25. The van der Waals surface area contributed by atoms with Crippen molar-refractivity contribution in [2.75, 3.05) is 0 Å². The van der Waals surface area contributed by atoms with Crippen LogP contribution in [0.4, 0.5) is 8.78 Å². The minimum atomic E-state index is -2.89. The standard InChI is InChI=1S/C13H7Cl3F2O/c14-9-4-5-10(15)12(16)11(9)7-2-1-3-8(6-7)19-13(17)18/h1-6,13H. The van der Waals surface area contributed by atoms with Crippen LogP contribution < -0.4 is 4.74 Å². The summed E-state index contributed by atoms with van der Waals surface area (Å²) in [5.74, 6) is 0.0274. The molecule has 0 atom stereocenters. The quantitative estimate of drug-likeness (QED) is 0.637. The van der Waals surface area contributed by atoms with E-state index in [-0.39, 0.29) is 10.8 Å². The molecule has 19 heavy (non-hydrogen) atoms. The number of hydrogen-bond acceptors (Lipinski definition) is 1.